The molecule has 0 fully saturated rings. The number of allylic oxidation sites excluding steroid dienone is 1. The molecule has 6 heteroatoms. The van der Waals surface area contributed by atoms with E-state index in [1.807, 2.05) is 0 Å². The second-order valence-corrected chi connectivity index (χ2v) is 4.55. The SMILES string of the molecule is COC(=O)c1sccc1-c1ccc(C=C(C#N)C#N)o1. The smallest absolute Gasteiger partial charge is 0.348 e. The summed E-state index contributed by atoms with van der Waals surface area (Å²) in [5.74, 6) is 0.423. The molecule has 0 aromatic carbocycles. The van der Waals surface area contributed by atoms with E-state index in [4.69, 9.17) is 19.7 Å². The molecule has 0 N–H and O–H groups in total. The fraction of sp³-hybridized carbons (Fsp3) is 0.0714. The molecule has 2 aromatic rings. The highest BCUT2D eigenvalue weighted by molar-refractivity contribution is 7.12. The van der Waals surface area contributed by atoms with E-state index in [1.165, 1.54) is 24.5 Å². The first-order chi connectivity index (χ1) is 9.69. The van der Waals surface area contributed by atoms with Crippen LogP contribution in [-0.4, -0.2) is 13.1 Å². The summed E-state index contributed by atoms with van der Waals surface area (Å²) in [6.45, 7) is 0. The second kappa shape index (κ2) is 5.87. The Morgan fingerprint density at radius 3 is 2.75 bits per heavy atom. The zero-order valence-corrected chi connectivity index (χ0v) is 11.2. The first-order valence-electron chi connectivity index (χ1n) is 5.47. The molecule has 0 saturated heterocycles. The lowest BCUT2D eigenvalue weighted by atomic mass is 10.2. The van der Waals surface area contributed by atoms with Gasteiger partial charge in [0.25, 0.3) is 0 Å². The van der Waals surface area contributed by atoms with E-state index < -0.39 is 5.97 Å². The van der Waals surface area contributed by atoms with Gasteiger partial charge in [0.2, 0.25) is 0 Å². The Labute approximate surface area is 118 Å². The van der Waals surface area contributed by atoms with Crippen LogP contribution in [0.25, 0.3) is 17.4 Å². The summed E-state index contributed by atoms with van der Waals surface area (Å²) in [5.41, 5.74) is 0.571. The lowest BCUT2D eigenvalue weighted by Crippen LogP contribution is -1.99. The van der Waals surface area contributed by atoms with Gasteiger partial charge in [-0.3, -0.25) is 0 Å². The van der Waals surface area contributed by atoms with Gasteiger partial charge in [-0.1, -0.05) is 0 Å². The Morgan fingerprint density at radius 2 is 2.10 bits per heavy atom. The molecular weight excluding hydrogens is 276 g/mol. The van der Waals surface area contributed by atoms with Crippen LogP contribution < -0.4 is 0 Å². The molecule has 0 aliphatic carbocycles. The zero-order valence-electron chi connectivity index (χ0n) is 10.4. The van der Waals surface area contributed by atoms with E-state index in [2.05, 4.69) is 0 Å². The number of carbonyl (C=O) groups is 1. The summed E-state index contributed by atoms with van der Waals surface area (Å²) in [5, 5.41) is 19.1. The standard InChI is InChI=1S/C14H8N2O3S/c1-18-14(17)13-11(4-5-20-13)12-3-2-10(19-12)6-9(7-15)8-16/h2-6H,1H3. The highest BCUT2D eigenvalue weighted by Crippen LogP contribution is 2.30. The molecule has 2 aromatic heterocycles. The molecule has 5 nitrogen and oxygen atoms in total. The van der Waals surface area contributed by atoms with Crippen molar-refractivity contribution in [1.29, 1.82) is 10.5 Å². The minimum atomic E-state index is -0.432. The predicted octanol–water partition coefficient (Wildman–Crippen LogP) is 3.23. The maximum absolute atomic E-state index is 11.6. The van der Waals surface area contributed by atoms with Crippen LogP contribution in [0.2, 0.25) is 0 Å². The molecule has 0 amide bonds. The lowest BCUT2D eigenvalue weighted by molar-refractivity contribution is 0.0607. The number of hydrogen-bond acceptors (Lipinski definition) is 6. The number of nitrogens with zero attached hydrogens (tertiary/aromatic N) is 2. The number of rotatable bonds is 3. The average Bonchev–Trinajstić information content (AvgIpc) is 3.12. The minimum absolute atomic E-state index is 0.0515. The zero-order chi connectivity index (χ0) is 14.5. The van der Waals surface area contributed by atoms with E-state index in [1.54, 1.807) is 35.7 Å². The number of nitriles is 2. The molecular formula is C14H8N2O3S. The van der Waals surface area contributed by atoms with Gasteiger partial charge >= 0.3 is 5.97 Å². The number of carbonyl (C=O) groups excluding carboxylic acids is 1. The third-order valence-corrected chi connectivity index (χ3v) is 3.35. The Morgan fingerprint density at radius 1 is 1.35 bits per heavy atom. The van der Waals surface area contributed by atoms with Crippen LogP contribution in [0.3, 0.4) is 0 Å². The third-order valence-electron chi connectivity index (χ3n) is 2.46. The molecule has 0 spiro atoms. The molecule has 0 saturated carbocycles. The summed E-state index contributed by atoms with van der Waals surface area (Å²) in [7, 11) is 1.31. The summed E-state index contributed by atoms with van der Waals surface area (Å²) in [4.78, 5) is 12.0. The molecule has 2 heterocycles. The second-order valence-electron chi connectivity index (χ2n) is 3.64. The van der Waals surface area contributed by atoms with Gasteiger partial charge in [0.05, 0.1) is 7.11 Å². The van der Waals surface area contributed by atoms with Crippen molar-refractivity contribution in [3.05, 3.63) is 39.8 Å². The third kappa shape index (κ3) is 2.61. The van der Waals surface area contributed by atoms with Gasteiger partial charge in [-0.2, -0.15) is 10.5 Å². The van der Waals surface area contributed by atoms with E-state index in [9.17, 15) is 4.79 Å². The summed E-state index contributed by atoms with van der Waals surface area (Å²) in [6.07, 6.45) is 1.34. The van der Waals surface area contributed by atoms with E-state index in [-0.39, 0.29) is 5.57 Å². The summed E-state index contributed by atoms with van der Waals surface area (Å²) < 4.78 is 10.2. The monoisotopic (exact) mass is 284 g/mol. The Bertz CT molecular complexity index is 740. The largest absolute Gasteiger partial charge is 0.465 e. The molecule has 0 radical (unpaired) electrons. The molecule has 0 aliphatic heterocycles. The normalized spacial score (nSPS) is 9.35. The Balaban J connectivity index is 2.38. The van der Waals surface area contributed by atoms with Crippen molar-refractivity contribution in [3.63, 3.8) is 0 Å². The van der Waals surface area contributed by atoms with Gasteiger partial charge in [-0.25, -0.2) is 4.79 Å². The highest BCUT2D eigenvalue weighted by atomic mass is 32.1. The highest BCUT2D eigenvalue weighted by Gasteiger charge is 2.17. The molecule has 2 rings (SSSR count). The van der Waals surface area contributed by atoms with Gasteiger partial charge < -0.3 is 9.15 Å². The Kier molecular flexibility index (Phi) is 3.99. The number of hydrogen-bond donors (Lipinski definition) is 0. The van der Waals surface area contributed by atoms with Crippen LogP contribution in [0, 0.1) is 22.7 Å². The molecule has 0 aliphatic rings. The van der Waals surface area contributed by atoms with Crippen LogP contribution in [0.1, 0.15) is 15.4 Å². The average molecular weight is 284 g/mol. The minimum Gasteiger partial charge on any atom is -0.465 e. The Hall–Kier alpha value is -2.83. The molecule has 98 valence electrons. The fourth-order valence-electron chi connectivity index (χ4n) is 1.56. The van der Waals surface area contributed by atoms with Crippen LogP contribution in [0.5, 0.6) is 0 Å². The van der Waals surface area contributed by atoms with Crippen molar-refractivity contribution >= 4 is 23.4 Å². The van der Waals surface area contributed by atoms with Gasteiger partial charge in [-0.15, -0.1) is 11.3 Å². The number of thiophene rings is 1. The lowest BCUT2D eigenvalue weighted by Gasteiger charge is -1.98. The molecule has 0 bridgehead atoms. The molecule has 0 unspecified atom stereocenters. The number of methoxy groups -OCH3 is 1. The van der Waals surface area contributed by atoms with Crippen LogP contribution in [0.4, 0.5) is 0 Å². The van der Waals surface area contributed by atoms with Crippen molar-refractivity contribution in [2.45, 2.75) is 0 Å². The fourth-order valence-corrected chi connectivity index (χ4v) is 2.38. The van der Waals surface area contributed by atoms with Crippen molar-refractivity contribution < 1.29 is 13.9 Å². The number of furan rings is 1. The summed E-state index contributed by atoms with van der Waals surface area (Å²) >= 11 is 1.25. The van der Waals surface area contributed by atoms with Gasteiger partial charge in [0.15, 0.2) is 0 Å². The van der Waals surface area contributed by atoms with E-state index in [0.717, 1.165) is 0 Å². The number of esters is 1. The van der Waals surface area contributed by atoms with E-state index >= 15 is 0 Å². The maximum Gasteiger partial charge on any atom is 0.348 e. The van der Waals surface area contributed by atoms with Crippen LogP contribution >= 0.6 is 11.3 Å². The maximum atomic E-state index is 11.6. The first kappa shape index (κ1) is 13.6. The topological polar surface area (TPSA) is 87.0 Å². The predicted molar refractivity (Wildman–Crippen MR) is 72.6 cm³/mol. The van der Waals surface area contributed by atoms with Crippen LogP contribution in [-0.2, 0) is 4.74 Å². The van der Waals surface area contributed by atoms with E-state index in [0.29, 0.717) is 22.0 Å². The van der Waals surface area contributed by atoms with Crippen molar-refractivity contribution in [2.75, 3.05) is 7.11 Å². The van der Waals surface area contributed by atoms with Gasteiger partial charge in [0.1, 0.15) is 34.1 Å². The van der Waals surface area contributed by atoms with Crippen molar-refractivity contribution in [3.8, 4) is 23.5 Å². The van der Waals surface area contributed by atoms with Crippen molar-refractivity contribution in [1.82, 2.24) is 0 Å². The first-order valence-corrected chi connectivity index (χ1v) is 6.35. The molecule has 0 atom stereocenters. The van der Waals surface area contributed by atoms with Crippen LogP contribution in [0.15, 0.2) is 33.6 Å². The number of ether oxygens (including phenoxy) is 1. The van der Waals surface area contributed by atoms with Gasteiger partial charge in [-0.05, 0) is 23.6 Å². The quantitative estimate of drug-likeness (QED) is 0.638. The molecule has 20 heavy (non-hydrogen) atoms. The summed E-state index contributed by atoms with van der Waals surface area (Å²) in [6, 6.07) is 8.55. The van der Waals surface area contributed by atoms with Gasteiger partial charge in [0, 0.05) is 11.6 Å². The van der Waals surface area contributed by atoms with Crippen molar-refractivity contribution in [2.24, 2.45) is 0 Å².